The van der Waals surface area contributed by atoms with Crippen molar-refractivity contribution in [1.29, 1.82) is 0 Å². The molecule has 0 saturated carbocycles. The average Bonchev–Trinajstić information content (AvgIpc) is 2.67. The van der Waals surface area contributed by atoms with Gasteiger partial charge in [0.15, 0.2) is 9.84 Å². The second kappa shape index (κ2) is 5.79. The zero-order chi connectivity index (χ0) is 13.1. The summed E-state index contributed by atoms with van der Waals surface area (Å²) in [6.07, 6.45) is -0.290. The van der Waals surface area contributed by atoms with E-state index in [2.05, 4.69) is 4.74 Å². The number of hydrogen-bond donors (Lipinski definition) is 1. The number of esters is 1. The van der Waals surface area contributed by atoms with E-state index in [1.807, 2.05) is 0 Å². The monoisotopic (exact) mass is 265 g/mol. The summed E-state index contributed by atoms with van der Waals surface area (Å²) < 4.78 is 27.4. The Bertz CT molecular complexity index is 367. The van der Waals surface area contributed by atoms with Gasteiger partial charge < -0.3 is 9.84 Å². The molecule has 6 nitrogen and oxygen atoms in total. The molecular formula is C10H19NO5S. The largest absolute Gasteiger partial charge is 0.468 e. The van der Waals surface area contributed by atoms with Gasteiger partial charge >= 0.3 is 5.97 Å². The molecule has 1 rings (SSSR count). The minimum Gasteiger partial charge on any atom is -0.468 e. The van der Waals surface area contributed by atoms with E-state index in [9.17, 15) is 18.3 Å². The lowest BCUT2D eigenvalue weighted by Crippen LogP contribution is -2.39. The lowest BCUT2D eigenvalue weighted by atomic mass is 10.2. The average molecular weight is 265 g/mol. The molecular weight excluding hydrogens is 246 g/mol. The van der Waals surface area contributed by atoms with Gasteiger partial charge in [-0.05, 0) is 0 Å². The molecule has 0 spiro atoms. The van der Waals surface area contributed by atoms with Gasteiger partial charge in [0.05, 0.1) is 19.0 Å². The molecule has 1 aliphatic heterocycles. The van der Waals surface area contributed by atoms with Crippen molar-refractivity contribution in [1.82, 2.24) is 4.90 Å². The SMILES string of the molecule is CCS(=O)(=O)CCN1CC(O)CC1C(=O)OC. The third-order valence-electron chi connectivity index (χ3n) is 2.98. The molecule has 2 atom stereocenters. The summed E-state index contributed by atoms with van der Waals surface area (Å²) in [5.41, 5.74) is 0. The molecule has 1 saturated heterocycles. The van der Waals surface area contributed by atoms with Crippen LogP contribution in [0.2, 0.25) is 0 Å². The zero-order valence-corrected chi connectivity index (χ0v) is 10.9. The fourth-order valence-electron chi connectivity index (χ4n) is 1.91. The lowest BCUT2D eigenvalue weighted by Gasteiger charge is -2.21. The molecule has 7 heteroatoms. The second-order valence-electron chi connectivity index (χ2n) is 4.16. The van der Waals surface area contributed by atoms with E-state index >= 15 is 0 Å². The van der Waals surface area contributed by atoms with Gasteiger partial charge in [-0.1, -0.05) is 6.92 Å². The summed E-state index contributed by atoms with van der Waals surface area (Å²) in [5, 5.41) is 9.50. The van der Waals surface area contributed by atoms with Gasteiger partial charge in [-0.15, -0.1) is 0 Å². The van der Waals surface area contributed by atoms with Crippen LogP contribution in [0.4, 0.5) is 0 Å². The van der Waals surface area contributed by atoms with Crippen molar-refractivity contribution in [2.24, 2.45) is 0 Å². The number of likely N-dealkylation sites (tertiary alicyclic amines) is 1. The van der Waals surface area contributed by atoms with Crippen molar-refractivity contribution in [2.75, 3.05) is 31.7 Å². The summed E-state index contributed by atoms with van der Waals surface area (Å²) in [6.45, 7) is 2.16. The van der Waals surface area contributed by atoms with Crippen LogP contribution in [0.25, 0.3) is 0 Å². The van der Waals surface area contributed by atoms with Gasteiger partial charge in [-0.25, -0.2) is 8.42 Å². The summed E-state index contributed by atoms with van der Waals surface area (Å²) in [7, 11) is -1.77. The van der Waals surface area contributed by atoms with Crippen LogP contribution in [0.1, 0.15) is 13.3 Å². The number of carbonyl (C=O) groups excluding carboxylic acids is 1. The van der Waals surface area contributed by atoms with E-state index in [0.717, 1.165) is 0 Å². The first-order valence-electron chi connectivity index (χ1n) is 5.60. The molecule has 17 heavy (non-hydrogen) atoms. The molecule has 0 aromatic rings. The van der Waals surface area contributed by atoms with Gasteiger partial charge in [0.25, 0.3) is 0 Å². The van der Waals surface area contributed by atoms with Crippen LogP contribution < -0.4 is 0 Å². The van der Waals surface area contributed by atoms with Crippen molar-refractivity contribution >= 4 is 15.8 Å². The lowest BCUT2D eigenvalue weighted by molar-refractivity contribution is -0.145. The van der Waals surface area contributed by atoms with E-state index in [-0.39, 0.29) is 18.1 Å². The molecule has 100 valence electrons. The number of aliphatic hydroxyl groups excluding tert-OH is 1. The number of sulfone groups is 1. The van der Waals surface area contributed by atoms with E-state index in [1.165, 1.54) is 7.11 Å². The molecule has 0 amide bonds. The third-order valence-corrected chi connectivity index (χ3v) is 4.67. The Morgan fingerprint density at radius 2 is 2.18 bits per heavy atom. The van der Waals surface area contributed by atoms with Crippen LogP contribution in [0, 0.1) is 0 Å². The maximum absolute atomic E-state index is 11.4. The fourth-order valence-corrected chi connectivity index (χ4v) is 2.71. The summed E-state index contributed by atoms with van der Waals surface area (Å²) in [6, 6.07) is -0.526. The summed E-state index contributed by atoms with van der Waals surface area (Å²) >= 11 is 0. The highest BCUT2D eigenvalue weighted by Gasteiger charge is 2.36. The van der Waals surface area contributed by atoms with Crippen LogP contribution in [0.15, 0.2) is 0 Å². The highest BCUT2D eigenvalue weighted by Crippen LogP contribution is 2.18. The Morgan fingerprint density at radius 1 is 1.53 bits per heavy atom. The molecule has 0 aliphatic carbocycles. The van der Waals surface area contributed by atoms with E-state index in [4.69, 9.17) is 0 Å². The van der Waals surface area contributed by atoms with Crippen LogP contribution in [-0.2, 0) is 19.4 Å². The molecule has 0 aromatic carbocycles. The number of hydrogen-bond acceptors (Lipinski definition) is 6. The van der Waals surface area contributed by atoms with Gasteiger partial charge in [0, 0.05) is 25.3 Å². The van der Waals surface area contributed by atoms with Crippen molar-refractivity contribution in [2.45, 2.75) is 25.5 Å². The third kappa shape index (κ3) is 3.93. The number of nitrogens with zero attached hydrogens (tertiary/aromatic N) is 1. The van der Waals surface area contributed by atoms with Gasteiger partial charge in [-0.3, -0.25) is 9.69 Å². The van der Waals surface area contributed by atoms with Crippen LogP contribution in [0.5, 0.6) is 0 Å². The highest BCUT2D eigenvalue weighted by molar-refractivity contribution is 7.91. The standard InChI is InChI=1S/C10H19NO5S/c1-3-17(14,15)5-4-11-7-8(12)6-9(11)10(13)16-2/h8-9,12H,3-7H2,1-2H3. The van der Waals surface area contributed by atoms with Gasteiger partial charge in [-0.2, -0.15) is 0 Å². The molecule has 0 bridgehead atoms. The van der Waals surface area contributed by atoms with Crippen molar-refractivity contribution < 1.29 is 23.1 Å². The van der Waals surface area contributed by atoms with Crippen LogP contribution >= 0.6 is 0 Å². The topological polar surface area (TPSA) is 83.9 Å². The number of aliphatic hydroxyl groups is 1. The van der Waals surface area contributed by atoms with Crippen LogP contribution in [-0.4, -0.2) is 68.2 Å². The molecule has 1 aliphatic rings. The summed E-state index contributed by atoms with van der Waals surface area (Å²) in [5.74, 6) is -0.328. The number of β-amino-alcohol motifs (C(OH)–C–C–N with tert-alkyl or cyclic N) is 1. The number of rotatable bonds is 5. The van der Waals surface area contributed by atoms with Crippen LogP contribution in [0.3, 0.4) is 0 Å². The first kappa shape index (κ1) is 14.4. The smallest absolute Gasteiger partial charge is 0.323 e. The molecule has 2 unspecified atom stereocenters. The molecule has 1 fully saturated rings. The van der Waals surface area contributed by atoms with Gasteiger partial charge in [0.1, 0.15) is 6.04 Å². The maximum atomic E-state index is 11.4. The van der Waals surface area contributed by atoms with E-state index in [0.29, 0.717) is 13.0 Å². The normalized spacial score (nSPS) is 26.1. The minimum atomic E-state index is -3.06. The number of methoxy groups -OCH3 is 1. The second-order valence-corrected chi connectivity index (χ2v) is 6.63. The quantitative estimate of drug-likeness (QED) is 0.644. The number of carbonyl (C=O) groups is 1. The number of ether oxygens (including phenoxy) is 1. The predicted octanol–water partition coefficient (Wildman–Crippen LogP) is -0.971. The van der Waals surface area contributed by atoms with E-state index in [1.54, 1.807) is 11.8 Å². The first-order chi connectivity index (χ1) is 7.89. The first-order valence-corrected chi connectivity index (χ1v) is 7.42. The molecule has 0 radical (unpaired) electrons. The highest BCUT2D eigenvalue weighted by atomic mass is 32.2. The molecule has 0 aromatic heterocycles. The van der Waals surface area contributed by atoms with Gasteiger partial charge in [0.2, 0.25) is 0 Å². The Kier molecular flexibility index (Phi) is 4.91. The van der Waals surface area contributed by atoms with Crippen molar-refractivity contribution in [3.63, 3.8) is 0 Å². The Morgan fingerprint density at radius 3 is 2.71 bits per heavy atom. The van der Waals surface area contributed by atoms with E-state index < -0.39 is 28.0 Å². The zero-order valence-electron chi connectivity index (χ0n) is 10.1. The van der Waals surface area contributed by atoms with Crippen molar-refractivity contribution in [3.8, 4) is 0 Å². The Hall–Kier alpha value is -0.660. The predicted molar refractivity (Wildman–Crippen MR) is 62.3 cm³/mol. The fraction of sp³-hybridized carbons (Fsp3) is 0.900. The minimum absolute atomic E-state index is 0.00368. The molecule has 1 N–H and O–H groups in total. The summed E-state index contributed by atoms with van der Waals surface area (Å²) in [4.78, 5) is 13.1. The maximum Gasteiger partial charge on any atom is 0.323 e. The Balaban J connectivity index is 2.59. The van der Waals surface area contributed by atoms with Crippen molar-refractivity contribution in [3.05, 3.63) is 0 Å². The molecule has 1 heterocycles. The Labute approximate surface area is 101 Å².